The lowest BCUT2D eigenvalue weighted by atomic mass is 10.1. The van der Waals surface area contributed by atoms with Gasteiger partial charge in [0.05, 0.1) is 26.8 Å². The van der Waals surface area contributed by atoms with Crippen molar-refractivity contribution in [2.24, 2.45) is 0 Å². The second kappa shape index (κ2) is 13.2. The van der Waals surface area contributed by atoms with Crippen LogP contribution in [-0.4, -0.2) is 94.8 Å². The molecule has 0 aliphatic carbocycles. The van der Waals surface area contributed by atoms with E-state index >= 15 is 4.39 Å². The molecule has 3 amide bonds. The van der Waals surface area contributed by atoms with Crippen LogP contribution in [0.25, 0.3) is 20.8 Å². The Hall–Kier alpha value is -4.33. The van der Waals surface area contributed by atoms with Gasteiger partial charge in [0.2, 0.25) is 0 Å². The topological polar surface area (TPSA) is 112 Å². The van der Waals surface area contributed by atoms with Gasteiger partial charge in [0.1, 0.15) is 11.4 Å². The number of amides is 3. The second-order valence-corrected chi connectivity index (χ2v) is 13.7. The van der Waals surface area contributed by atoms with Crippen LogP contribution in [0.1, 0.15) is 26.3 Å². The molecule has 13 heteroatoms. The zero-order valence-corrected chi connectivity index (χ0v) is 27.2. The summed E-state index contributed by atoms with van der Waals surface area (Å²) in [6.07, 6.45) is 3.14. The molecule has 2 fully saturated rings. The third-order valence-electron chi connectivity index (χ3n) is 7.73. The molecular formula is C33H38FN7O4S. The maximum Gasteiger partial charge on any atom is 0.410 e. The Morgan fingerprint density at radius 3 is 2.50 bits per heavy atom. The van der Waals surface area contributed by atoms with Crippen molar-refractivity contribution in [3.8, 4) is 22.1 Å². The van der Waals surface area contributed by atoms with Crippen LogP contribution < -0.4 is 15.4 Å². The lowest BCUT2D eigenvalue weighted by molar-refractivity contribution is 0.00649. The molecule has 0 atom stereocenters. The number of likely N-dealkylation sites (N-methyl/N-ethyl adjacent to an activating group) is 1. The van der Waals surface area contributed by atoms with E-state index in [4.69, 9.17) is 14.5 Å². The third kappa shape index (κ3) is 7.72. The van der Waals surface area contributed by atoms with Gasteiger partial charge in [-0.05, 0) is 57.6 Å². The highest BCUT2D eigenvalue weighted by molar-refractivity contribution is 7.22. The van der Waals surface area contributed by atoms with Crippen molar-refractivity contribution in [1.29, 1.82) is 0 Å². The van der Waals surface area contributed by atoms with E-state index in [1.54, 1.807) is 39.1 Å². The molecule has 2 saturated heterocycles. The normalized spacial score (nSPS) is 16.2. The summed E-state index contributed by atoms with van der Waals surface area (Å²) < 4.78 is 27.2. The van der Waals surface area contributed by atoms with Gasteiger partial charge in [-0.3, -0.25) is 14.9 Å². The number of likely N-dealkylation sites (tertiary alicyclic amines) is 1. The van der Waals surface area contributed by atoms with Gasteiger partial charge in [0.15, 0.2) is 11.6 Å². The highest BCUT2D eigenvalue weighted by atomic mass is 32.1. The van der Waals surface area contributed by atoms with E-state index in [9.17, 15) is 9.59 Å². The van der Waals surface area contributed by atoms with E-state index in [0.717, 1.165) is 53.5 Å². The summed E-state index contributed by atoms with van der Waals surface area (Å²) >= 11 is 1.49. The molecule has 0 unspecified atom stereocenters. The Morgan fingerprint density at radius 2 is 1.80 bits per heavy atom. The standard InChI is InChI=1S/C33H38FN7O4S/c1-33(2,3)45-32(43)41-19-23(20-41)38-31(42)37-22-6-8-27(24(34)15-22)44-28-9-10-35-26-16-29(46-30(26)28)25-7-5-21(17-36-25)18-40-13-11-39(4)12-14-40/h5-10,15-17,23H,11-14,18-20H2,1-4H3,(H2,37,38,42). The molecule has 6 rings (SSSR count). The zero-order chi connectivity index (χ0) is 32.4. The number of halogens is 1. The zero-order valence-electron chi connectivity index (χ0n) is 26.4. The lowest BCUT2D eigenvalue weighted by Gasteiger charge is -2.39. The number of carbonyl (C=O) groups is 2. The molecule has 2 N–H and O–H groups in total. The first-order valence-corrected chi connectivity index (χ1v) is 16.1. The number of thiophene rings is 1. The summed E-state index contributed by atoms with van der Waals surface area (Å²) in [5.74, 6) is -0.131. The molecule has 3 aromatic heterocycles. The molecule has 5 heterocycles. The Labute approximate surface area is 271 Å². The monoisotopic (exact) mass is 647 g/mol. The van der Waals surface area contributed by atoms with Crippen molar-refractivity contribution < 1.29 is 23.5 Å². The Morgan fingerprint density at radius 1 is 1.02 bits per heavy atom. The Kier molecular flexibility index (Phi) is 9.07. The van der Waals surface area contributed by atoms with Crippen LogP contribution in [0.15, 0.2) is 54.9 Å². The molecule has 1 aromatic carbocycles. The molecule has 2 aliphatic heterocycles. The van der Waals surface area contributed by atoms with E-state index in [1.165, 1.54) is 33.9 Å². The van der Waals surface area contributed by atoms with Gasteiger partial charge in [-0.1, -0.05) is 6.07 Å². The quantitative estimate of drug-likeness (QED) is 0.260. The second-order valence-electron chi connectivity index (χ2n) is 12.7. The SMILES string of the molecule is CN1CCN(Cc2ccc(-c3cc4nccc(Oc5ccc(NC(=O)NC6CN(C(=O)OC(C)(C)C)C6)cc5F)c4s3)nc2)CC1. The minimum atomic E-state index is -0.628. The number of anilines is 1. The number of aromatic nitrogens is 2. The average molecular weight is 648 g/mol. The first-order valence-electron chi connectivity index (χ1n) is 15.3. The minimum Gasteiger partial charge on any atom is -0.453 e. The summed E-state index contributed by atoms with van der Waals surface area (Å²) in [7, 11) is 2.15. The predicted octanol–water partition coefficient (Wildman–Crippen LogP) is 5.78. The van der Waals surface area contributed by atoms with Crippen LogP contribution in [0.4, 0.5) is 19.7 Å². The van der Waals surface area contributed by atoms with Crippen LogP contribution in [0.5, 0.6) is 11.5 Å². The molecule has 4 aromatic rings. The van der Waals surface area contributed by atoms with Gasteiger partial charge in [-0.15, -0.1) is 11.3 Å². The van der Waals surface area contributed by atoms with Gasteiger partial charge >= 0.3 is 12.1 Å². The molecule has 0 saturated carbocycles. The van der Waals surface area contributed by atoms with Crippen molar-refractivity contribution >= 4 is 39.4 Å². The summed E-state index contributed by atoms with van der Waals surface area (Å²) in [6, 6.07) is 11.3. The molecule has 242 valence electrons. The van der Waals surface area contributed by atoms with Crippen LogP contribution in [-0.2, 0) is 11.3 Å². The van der Waals surface area contributed by atoms with Crippen molar-refractivity contribution in [1.82, 2.24) is 30.0 Å². The number of rotatable bonds is 7. The number of hydrogen-bond acceptors (Lipinski definition) is 9. The minimum absolute atomic E-state index is 0.0202. The van der Waals surface area contributed by atoms with Gasteiger partial charge in [0.25, 0.3) is 0 Å². The smallest absolute Gasteiger partial charge is 0.410 e. The largest absolute Gasteiger partial charge is 0.453 e. The molecular weight excluding hydrogens is 609 g/mol. The Balaban J connectivity index is 1.05. The fourth-order valence-electron chi connectivity index (χ4n) is 5.23. The number of hydrogen-bond donors (Lipinski definition) is 2. The molecule has 0 radical (unpaired) electrons. The van der Waals surface area contributed by atoms with E-state index < -0.39 is 23.5 Å². The van der Waals surface area contributed by atoms with Crippen LogP contribution in [0, 0.1) is 5.82 Å². The summed E-state index contributed by atoms with van der Waals surface area (Å²) in [6.45, 7) is 11.2. The highest BCUT2D eigenvalue weighted by Crippen LogP contribution is 2.39. The Bertz CT molecular complexity index is 1710. The van der Waals surface area contributed by atoms with Crippen molar-refractivity contribution in [2.45, 2.75) is 39.0 Å². The number of nitrogens with one attached hydrogen (secondary N) is 2. The van der Waals surface area contributed by atoms with Gasteiger partial charge in [-0.25, -0.2) is 14.0 Å². The number of pyridine rings is 2. The maximum atomic E-state index is 15.1. The van der Waals surface area contributed by atoms with E-state index in [0.29, 0.717) is 18.8 Å². The third-order valence-corrected chi connectivity index (χ3v) is 8.89. The molecule has 0 spiro atoms. The van der Waals surface area contributed by atoms with E-state index in [2.05, 4.69) is 38.5 Å². The van der Waals surface area contributed by atoms with Gasteiger partial charge in [0, 0.05) is 76.0 Å². The lowest BCUT2D eigenvalue weighted by Crippen LogP contribution is -2.62. The molecule has 2 aliphatic rings. The van der Waals surface area contributed by atoms with Crippen LogP contribution in [0.2, 0.25) is 0 Å². The number of fused-ring (bicyclic) bond motifs is 1. The first kappa shape index (κ1) is 31.6. The van der Waals surface area contributed by atoms with Crippen molar-refractivity contribution in [3.05, 3.63) is 66.2 Å². The number of ether oxygens (including phenoxy) is 2. The number of carbonyl (C=O) groups excluding carboxylic acids is 2. The summed E-state index contributed by atoms with van der Waals surface area (Å²) in [4.78, 5) is 41.0. The maximum absolute atomic E-state index is 15.1. The predicted molar refractivity (Wildman–Crippen MR) is 176 cm³/mol. The highest BCUT2D eigenvalue weighted by Gasteiger charge is 2.34. The molecule has 11 nitrogen and oxygen atoms in total. The van der Waals surface area contributed by atoms with Crippen LogP contribution >= 0.6 is 11.3 Å². The first-order chi connectivity index (χ1) is 22.0. The van der Waals surface area contributed by atoms with Gasteiger partial charge in [-0.2, -0.15) is 0 Å². The van der Waals surface area contributed by atoms with Crippen molar-refractivity contribution in [2.75, 3.05) is 51.6 Å². The number of benzene rings is 1. The fourth-order valence-corrected chi connectivity index (χ4v) is 6.27. The van der Waals surface area contributed by atoms with Crippen molar-refractivity contribution in [3.63, 3.8) is 0 Å². The summed E-state index contributed by atoms with van der Waals surface area (Å²) in [5, 5.41) is 5.41. The van der Waals surface area contributed by atoms with E-state index in [1.807, 2.05) is 18.3 Å². The molecule has 0 bridgehead atoms. The summed E-state index contributed by atoms with van der Waals surface area (Å²) in [5.41, 5.74) is 2.44. The number of piperazine rings is 1. The number of nitrogens with zero attached hydrogens (tertiary/aromatic N) is 5. The average Bonchev–Trinajstić information content (AvgIpc) is 3.42. The van der Waals surface area contributed by atoms with Crippen LogP contribution in [0.3, 0.4) is 0 Å². The fraction of sp³-hybridized carbons (Fsp3) is 0.394. The van der Waals surface area contributed by atoms with E-state index in [-0.39, 0.29) is 17.5 Å². The molecule has 46 heavy (non-hydrogen) atoms. The van der Waals surface area contributed by atoms with Gasteiger partial charge < -0.3 is 29.9 Å². The number of urea groups is 1.